The summed E-state index contributed by atoms with van der Waals surface area (Å²) in [5.74, 6) is 1.53. The van der Waals surface area contributed by atoms with Gasteiger partial charge in [0, 0.05) is 42.8 Å². The molecule has 0 unspecified atom stereocenters. The number of piperidine rings is 1. The van der Waals surface area contributed by atoms with Crippen molar-refractivity contribution >= 4 is 17.6 Å². The lowest BCUT2D eigenvalue weighted by Gasteiger charge is -2.40. The Morgan fingerprint density at radius 2 is 1.45 bits per heavy atom. The van der Waals surface area contributed by atoms with Crippen molar-refractivity contribution in [2.45, 2.75) is 19.3 Å². The lowest BCUT2D eigenvalue weighted by atomic mass is 9.79. The molecule has 1 atom stereocenters. The number of likely N-dealkylation sites (tertiary alicyclic amines) is 2. The Morgan fingerprint density at radius 3 is 2.10 bits per heavy atom. The van der Waals surface area contributed by atoms with Gasteiger partial charge in [0.2, 0.25) is 0 Å². The van der Waals surface area contributed by atoms with Gasteiger partial charge in [-0.05, 0) is 67.8 Å². The summed E-state index contributed by atoms with van der Waals surface area (Å²) in [4.78, 5) is 29.6. The van der Waals surface area contributed by atoms with Crippen molar-refractivity contribution in [3.05, 3.63) is 54.1 Å². The number of rotatable bonds is 4. The van der Waals surface area contributed by atoms with E-state index >= 15 is 0 Å². The minimum absolute atomic E-state index is 0.0301. The molecule has 2 saturated heterocycles. The molecular weight excluding hydrogens is 394 g/mol. The minimum Gasteiger partial charge on any atom is -0.497 e. The maximum absolute atomic E-state index is 13.0. The molecule has 2 aliphatic rings. The number of methoxy groups -OCH3 is 2. The second-order valence-electron chi connectivity index (χ2n) is 8.39. The van der Waals surface area contributed by atoms with E-state index in [4.69, 9.17) is 9.47 Å². The molecule has 2 aromatic carbocycles. The monoisotopic (exact) mass is 423 g/mol. The van der Waals surface area contributed by atoms with E-state index in [1.807, 2.05) is 58.3 Å². The maximum atomic E-state index is 13.0. The quantitative estimate of drug-likeness (QED) is 0.811. The first-order valence-electron chi connectivity index (χ1n) is 10.7. The first-order chi connectivity index (χ1) is 15.0. The Hall–Kier alpha value is -3.22. The predicted molar refractivity (Wildman–Crippen MR) is 119 cm³/mol. The highest BCUT2D eigenvalue weighted by Crippen LogP contribution is 2.39. The predicted octanol–water partition coefficient (Wildman–Crippen LogP) is 3.86. The van der Waals surface area contributed by atoms with E-state index in [0.29, 0.717) is 25.2 Å². The summed E-state index contributed by atoms with van der Waals surface area (Å²) in [6.07, 6.45) is 2.90. The zero-order valence-electron chi connectivity index (χ0n) is 18.1. The lowest BCUT2D eigenvalue weighted by molar-refractivity contribution is 0.0538. The maximum Gasteiger partial charge on any atom is 0.321 e. The van der Waals surface area contributed by atoms with Gasteiger partial charge in [-0.25, -0.2) is 4.79 Å². The van der Waals surface area contributed by atoms with Crippen molar-refractivity contribution in [1.82, 2.24) is 9.80 Å². The smallest absolute Gasteiger partial charge is 0.321 e. The fraction of sp³-hybridized carbons (Fsp3) is 0.417. The molecule has 0 saturated carbocycles. The standard InChI is InChI=1S/C24H29N3O4/c1-30-20-8-4-18(5-9-20)22(28)26-14-3-12-24(16-26)13-15-27(17-24)23(29)25-19-6-10-21(31-2)11-7-19/h4-11H,3,12-17H2,1-2H3,(H,25,29)/t24-/m1/s1. The number of ether oxygens (including phenoxy) is 2. The van der Waals surface area contributed by atoms with E-state index in [0.717, 1.165) is 43.0 Å². The summed E-state index contributed by atoms with van der Waals surface area (Å²) in [6.45, 7) is 2.81. The number of amides is 3. The summed E-state index contributed by atoms with van der Waals surface area (Å²) in [5.41, 5.74) is 1.38. The highest BCUT2D eigenvalue weighted by molar-refractivity contribution is 5.94. The highest BCUT2D eigenvalue weighted by atomic mass is 16.5. The molecule has 0 bridgehead atoms. The molecule has 2 heterocycles. The van der Waals surface area contributed by atoms with Crippen LogP contribution in [0.3, 0.4) is 0 Å². The largest absolute Gasteiger partial charge is 0.497 e. The molecule has 7 heteroatoms. The van der Waals surface area contributed by atoms with Gasteiger partial charge in [-0.15, -0.1) is 0 Å². The first-order valence-corrected chi connectivity index (χ1v) is 10.7. The van der Waals surface area contributed by atoms with Crippen molar-refractivity contribution < 1.29 is 19.1 Å². The molecule has 0 aliphatic carbocycles. The fourth-order valence-electron chi connectivity index (χ4n) is 4.62. The van der Waals surface area contributed by atoms with Crippen LogP contribution in [0.5, 0.6) is 11.5 Å². The third-order valence-electron chi connectivity index (χ3n) is 6.35. The van der Waals surface area contributed by atoms with Crippen LogP contribution in [0, 0.1) is 5.41 Å². The van der Waals surface area contributed by atoms with E-state index in [9.17, 15) is 9.59 Å². The average molecular weight is 424 g/mol. The number of benzene rings is 2. The van der Waals surface area contributed by atoms with Gasteiger partial charge in [0.1, 0.15) is 11.5 Å². The van der Waals surface area contributed by atoms with Crippen LogP contribution in [0.25, 0.3) is 0 Å². The SMILES string of the molecule is COc1ccc(NC(=O)N2CC[C@@]3(CCCN(C(=O)c4ccc(OC)cc4)C3)C2)cc1. The Bertz CT molecular complexity index is 929. The zero-order valence-corrected chi connectivity index (χ0v) is 18.1. The number of hydrogen-bond donors (Lipinski definition) is 1. The molecule has 3 amide bonds. The van der Waals surface area contributed by atoms with Gasteiger partial charge < -0.3 is 24.6 Å². The Morgan fingerprint density at radius 1 is 0.839 bits per heavy atom. The molecule has 2 aromatic rings. The normalized spacial score (nSPS) is 20.6. The van der Waals surface area contributed by atoms with Crippen LogP contribution in [0.15, 0.2) is 48.5 Å². The van der Waals surface area contributed by atoms with E-state index in [1.54, 1.807) is 14.2 Å². The molecule has 164 valence electrons. The molecule has 0 aromatic heterocycles. The zero-order chi connectivity index (χ0) is 21.8. The molecule has 31 heavy (non-hydrogen) atoms. The molecule has 4 rings (SSSR count). The van der Waals surface area contributed by atoms with Crippen LogP contribution in [-0.2, 0) is 0 Å². The number of nitrogens with zero attached hydrogens (tertiary/aromatic N) is 2. The van der Waals surface area contributed by atoms with Crippen molar-refractivity contribution in [2.24, 2.45) is 5.41 Å². The fourth-order valence-corrected chi connectivity index (χ4v) is 4.62. The molecule has 1 N–H and O–H groups in total. The van der Waals surface area contributed by atoms with Crippen molar-refractivity contribution in [3.8, 4) is 11.5 Å². The lowest BCUT2D eigenvalue weighted by Crippen LogP contribution is -2.48. The van der Waals surface area contributed by atoms with E-state index in [1.165, 1.54) is 0 Å². The highest BCUT2D eigenvalue weighted by Gasteiger charge is 2.43. The topological polar surface area (TPSA) is 71.1 Å². The van der Waals surface area contributed by atoms with Crippen LogP contribution in [0.1, 0.15) is 29.6 Å². The second-order valence-corrected chi connectivity index (χ2v) is 8.39. The number of carbonyl (C=O) groups is 2. The number of nitrogens with one attached hydrogen (secondary N) is 1. The Balaban J connectivity index is 1.37. The summed E-state index contributed by atoms with van der Waals surface area (Å²) in [7, 11) is 3.23. The third kappa shape index (κ3) is 4.60. The van der Waals surface area contributed by atoms with Gasteiger partial charge in [-0.2, -0.15) is 0 Å². The average Bonchev–Trinajstić information content (AvgIpc) is 3.22. The molecular formula is C24H29N3O4. The minimum atomic E-state index is -0.0966. The third-order valence-corrected chi connectivity index (χ3v) is 6.35. The molecule has 7 nitrogen and oxygen atoms in total. The summed E-state index contributed by atoms with van der Waals surface area (Å²) in [6, 6.07) is 14.5. The van der Waals surface area contributed by atoms with Gasteiger partial charge in [0.15, 0.2) is 0 Å². The van der Waals surface area contributed by atoms with E-state index < -0.39 is 0 Å². The number of carbonyl (C=O) groups excluding carboxylic acids is 2. The molecule has 2 fully saturated rings. The van der Waals surface area contributed by atoms with Crippen LogP contribution in [0.4, 0.5) is 10.5 Å². The molecule has 2 aliphatic heterocycles. The van der Waals surface area contributed by atoms with Gasteiger partial charge >= 0.3 is 6.03 Å². The van der Waals surface area contributed by atoms with E-state index in [-0.39, 0.29) is 17.4 Å². The van der Waals surface area contributed by atoms with Crippen LogP contribution in [0.2, 0.25) is 0 Å². The van der Waals surface area contributed by atoms with Gasteiger partial charge in [0.05, 0.1) is 14.2 Å². The van der Waals surface area contributed by atoms with Crippen LogP contribution in [-0.4, -0.2) is 62.1 Å². The Kier molecular flexibility index (Phi) is 6.02. The number of anilines is 1. The molecule has 1 spiro atoms. The van der Waals surface area contributed by atoms with E-state index in [2.05, 4.69) is 5.32 Å². The van der Waals surface area contributed by atoms with Crippen molar-refractivity contribution in [3.63, 3.8) is 0 Å². The Labute approximate surface area is 182 Å². The second kappa shape index (κ2) is 8.88. The van der Waals surface area contributed by atoms with Crippen LogP contribution < -0.4 is 14.8 Å². The van der Waals surface area contributed by atoms with Crippen molar-refractivity contribution in [1.29, 1.82) is 0 Å². The first kappa shape index (κ1) is 21.0. The van der Waals surface area contributed by atoms with Crippen molar-refractivity contribution in [2.75, 3.05) is 45.7 Å². The van der Waals surface area contributed by atoms with Gasteiger partial charge in [-0.1, -0.05) is 0 Å². The van der Waals surface area contributed by atoms with Gasteiger partial charge in [0.25, 0.3) is 5.91 Å². The molecule has 0 radical (unpaired) electrons. The van der Waals surface area contributed by atoms with Gasteiger partial charge in [-0.3, -0.25) is 4.79 Å². The number of urea groups is 1. The van der Waals surface area contributed by atoms with Crippen LogP contribution >= 0.6 is 0 Å². The number of hydrogen-bond acceptors (Lipinski definition) is 4. The summed E-state index contributed by atoms with van der Waals surface area (Å²) >= 11 is 0. The summed E-state index contributed by atoms with van der Waals surface area (Å²) in [5, 5.41) is 2.97. The summed E-state index contributed by atoms with van der Waals surface area (Å²) < 4.78 is 10.3.